The van der Waals surface area contributed by atoms with E-state index in [-0.39, 0.29) is 12.3 Å². The molecule has 3 aromatic rings. The van der Waals surface area contributed by atoms with E-state index < -0.39 is 0 Å². The number of rotatable bonds is 7. The maximum absolute atomic E-state index is 12.4. The molecule has 1 heterocycles. The van der Waals surface area contributed by atoms with E-state index in [0.717, 1.165) is 33.9 Å². The quantitative estimate of drug-likeness (QED) is 0.659. The van der Waals surface area contributed by atoms with Crippen LogP contribution in [0.5, 0.6) is 0 Å². The molecule has 134 valence electrons. The van der Waals surface area contributed by atoms with Gasteiger partial charge >= 0.3 is 0 Å². The predicted octanol–water partition coefficient (Wildman–Crippen LogP) is 4.70. The van der Waals surface area contributed by atoms with Crippen molar-refractivity contribution in [3.05, 3.63) is 70.7 Å². The van der Waals surface area contributed by atoms with E-state index in [2.05, 4.69) is 41.5 Å². The Bertz CT molecular complexity index is 872. The standard InChI is InChI=1S/C21H22N2O2S/c1-3-15-8-10-16(11-9-15)21-22-18(14-26-21)12-20(24)23-19-7-5-4-6-17(19)13-25-2/h4-11,14H,3,12-13H2,1-2H3,(H,23,24). The highest BCUT2D eigenvalue weighted by Crippen LogP contribution is 2.24. The van der Waals surface area contributed by atoms with Crippen molar-refractivity contribution >= 4 is 22.9 Å². The summed E-state index contributed by atoms with van der Waals surface area (Å²) in [4.78, 5) is 17.0. The van der Waals surface area contributed by atoms with Crippen molar-refractivity contribution in [2.45, 2.75) is 26.4 Å². The smallest absolute Gasteiger partial charge is 0.230 e. The van der Waals surface area contributed by atoms with Gasteiger partial charge in [-0.15, -0.1) is 11.3 Å². The highest BCUT2D eigenvalue weighted by atomic mass is 32.1. The van der Waals surface area contributed by atoms with Gasteiger partial charge in [0.1, 0.15) is 5.01 Å². The summed E-state index contributed by atoms with van der Waals surface area (Å²) in [7, 11) is 1.64. The molecule has 0 saturated carbocycles. The zero-order valence-corrected chi connectivity index (χ0v) is 15.8. The van der Waals surface area contributed by atoms with Gasteiger partial charge in [0, 0.05) is 29.3 Å². The van der Waals surface area contributed by atoms with E-state index in [1.165, 1.54) is 5.56 Å². The Morgan fingerprint density at radius 2 is 1.92 bits per heavy atom. The van der Waals surface area contributed by atoms with Gasteiger partial charge in [-0.3, -0.25) is 4.79 Å². The topological polar surface area (TPSA) is 51.2 Å². The number of aryl methyl sites for hydroxylation is 1. The third-order valence-corrected chi connectivity index (χ3v) is 5.03. The maximum Gasteiger partial charge on any atom is 0.230 e. The lowest BCUT2D eigenvalue weighted by molar-refractivity contribution is -0.115. The molecule has 0 bridgehead atoms. The number of carbonyl (C=O) groups is 1. The number of hydrogen-bond donors (Lipinski definition) is 1. The molecule has 0 aliphatic carbocycles. The third-order valence-electron chi connectivity index (χ3n) is 4.09. The van der Waals surface area contributed by atoms with Crippen LogP contribution in [0.15, 0.2) is 53.9 Å². The first kappa shape index (κ1) is 18.3. The van der Waals surface area contributed by atoms with Gasteiger partial charge in [0.25, 0.3) is 0 Å². The summed E-state index contributed by atoms with van der Waals surface area (Å²) >= 11 is 1.56. The molecule has 1 aromatic heterocycles. The van der Waals surface area contributed by atoms with Crippen LogP contribution in [-0.4, -0.2) is 18.0 Å². The molecule has 0 spiro atoms. The van der Waals surface area contributed by atoms with Gasteiger partial charge in [-0.25, -0.2) is 4.98 Å². The number of carbonyl (C=O) groups excluding carboxylic acids is 1. The van der Waals surface area contributed by atoms with Crippen molar-refractivity contribution in [2.75, 3.05) is 12.4 Å². The van der Waals surface area contributed by atoms with Crippen LogP contribution < -0.4 is 5.32 Å². The van der Waals surface area contributed by atoms with E-state index in [9.17, 15) is 4.79 Å². The van der Waals surface area contributed by atoms with Crippen LogP contribution in [0.25, 0.3) is 10.6 Å². The second-order valence-corrected chi connectivity index (χ2v) is 6.87. The van der Waals surface area contributed by atoms with Gasteiger partial charge in [0.15, 0.2) is 0 Å². The molecule has 1 amide bonds. The fourth-order valence-corrected chi connectivity index (χ4v) is 3.51. The molecule has 4 nitrogen and oxygen atoms in total. The molecular formula is C21H22N2O2S. The fraction of sp³-hybridized carbons (Fsp3) is 0.238. The summed E-state index contributed by atoms with van der Waals surface area (Å²) in [6, 6.07) is 16.1. The van der Waals surface area contributed by atoms with Gasteiger partial charge < -0.3 is 10.1 Å². The molecule has 0 aliphatic heterocycles. The van der Waals surface area contributed by atoms with Crippen LogP contribution in [0.1, 0.15) is 23.7 Å². The average Bonchev–Trinajstić information content (AvgIpc) is 3.12. The van der Waals surface area contributed by atoms with Crippen molar-refractivity contribution in [2.24, 2.45) is 0 Å². The van der Waals surface area contributed by atoms with Crippen molar-refractivity contribution < 1.29 is 9.53 Å². The lowest BCUT2D eigenvalue weighted by Gasteiger charge is -2.09. The van der Waals surface area contributed by atoms with Gasteiger partial charge in [-0.2, -0.15) is 0 Å². The summed E-state index contributed by atoms with van der Waals surface area (Å²) < 4.78 is 5.18. The highest BCUT2D eigenvalue weighted by Gasteiger charge is 2.11. The molecule has 0 aliphatic rings. The molecule has 5 heteroatoms. The zero-order chi connectivity index (χ0) is 18.4. The number of methoxy groups -OCH3 is 1. The van der Waals surface area contributed by atoms with E-state index in [1.807, 2.05) is 29.6 Å². The van der Waals surface area contributed by atoms with E-state index in [1.54, 1.807) is 18.4 Å². The van der Waals surface area contributed by atoms with E-state index >= 15 is 0 Å². The Morgan fingerprint density at radius 1 is 1.15 bits per heavy atom. The van der Waals surface area contributed by atoms with Gasteiger partial charge in [0.05, 0.1) is 18.7 Å². The first-order valence-corrected chi connectivity index (χ1v) is 9.48. The van der Waals surface area contributed by atoms with Gasteiger partial charge in [0.2, 0.25) is 5.91 Å². The largest absolute Gasteiger partial charge is 0.380 e. The third kappa shape index (κ3) is 4.56. The number of amides is 1. The van der Waals surface area contributed by atoms with Crippen LogP contribution in [0, 0.1) is 0 Å². The Kier molecular flexibility index (Phi) is 6.15. The molecule has 0 saturated heterocycles. The number of aromatic nitrogens is 1. The Hall–Kier alpha value is -2.50. The van der Waals surface area contributed by atoms with E-state index in [0.29, 0.717) is 6.61 Å². The molecule has 3 rings (SSSR count). The van der Waals surface area contributed by atoms with Crippen molar-refractivity contribution in [1.82, 2.24) is 4.98 Å². The first-order chi connectivity index (χ1) is 12.7. The summed E-state index contributed by atoms with van der Waals surface area (Å²) in [6.07, 6.45) is 1.28. The number of para-hydroxylation sites is 1. The average molecular weight is 366 g/mol. The Labute approximate surface area is 157 Å². The molecule has 1 N–H and O–H groups in total. The lowest BCUT2D eigenvalue weighted by Crippen LogP contribution is -2.16. The molecule has 2 aromatic carbocycles. The summed E-state index contributed by atoms with van der Waals surface area (Å²) in [6.45, 7) is 2.60. The molecular weight excluding hydrogens is 344 g/mol. The highest BCUT2D eigenvalue weighted by molar-refractivity contribution is 7.13. The normalized spacial score (nSPS) is 10.7. The van der Waals surface area contributed by atoms with Gasteiger partial charge in [-0.05, 0) is 18.1 Å². The number of thiazole rings is 1. The van der Waals surface area contributed by atoms with Crippen LogP contribution in [0.3, 0.4) is 0 Å². The van der Waals surface area contributed by atoms with Crippen molar-refractivity contribution in [1.29, 1.82) is 0 Å². The SMILES string of the molecule is CCc1ccc(-c2nc(CC(=O)Nc3ccccc3COC)cs2)cc1. The second kappa shape index (κ2) is 8.74. The Morgan fingerprint density at radius 3 is 2.65 bits per heavy atom. The number of ether oxygens (including phenoxy) is 1. The minimum Gasteiger partial charge on any atom is -0.380 e. The van der Waals surface area contributed by atoms with Crippen molar-refractivity contribution in [3.63, 3.8) is 0 Å². The van der Waals surface area contributed by atoms with Crippen LogP contribution in [-0.2, 0) is 29.0 Å². The Balaban J connectivity index is 1.66. The van der Waals surface area contributed by atoms with E-state index in [4.69, 9.17) is 4.74 Å². The van der Waals surface area contributed by atoms with Crippen LogP contribution in [0.2, 0.25) is 0 Å². The second-order valence-electron chi connectivity index (χ2n) is 6.01. The molecule has 0 radical (unpaired) electrons. The predicted molar refractivity (Wildman–Crippen MR) is 106 cm³/mol. The lowest BCUT2D eigenvalue weighted by atomic mass is 10.1. The maximum atomic E-state index is 12.4. The number of anilines is 1. The summed E-state index contributed by atoms with van der Waals surface area (Å²) in [5, 5.41) is 5.84. The number of hydrogen-bond acceptors (Lipinski definition) is 4. The van der Waals surface area contributed by atoms with Crippen LogP contribution in [0.4, 0.5) is 5.69 Å². The molecule has 26 heavy (non-hydrogen) atoms. The van der Waals surface area contributed by atoms with Gasteiger partial charge in [-0.1, -0.05) is 49.4 Å². The van der Waals surface area contributed by atoms with Crippen molar-refractivity contribution in [3.8, 4) is 10.6 Å². The first-order valence-electron chi connectivity index (χ1n) is 8.60. The minimum atomic E-state index is -0.0771. The molecule has 0 fully saturated rings. The number of nitrogens with one attached hydrogen (secondary N) is 1. The monoisotopic (exact) mass is 366 g/mol. The molecule has 0 unspecified atom stereocenters. The summed E-state index contributed by atoms with van der Waals surface area (Å²) in [5.41, 5.74) is 4.92. The minimum absolute atomic E-state index is 0.0771. The van der Waals surface area contributed by atoms with Crippen LogP contribution >= 0.6 is 11.3 Å². The zero-order valence-electron chi connectivity index (χ0n) is 15.0. The molecule has 0 atom stereocenters. The number of benzene rings is 2. The fourth-order valence-electron chi connectivity index (χ4n) is 2.69. The number of nitrogens with zero attached hydrogens (tertiary/aromatic N) is 1. The summed E-state index contributed by atoms with van der Waals surface area (Å²) in [5.74, 6) is -0.0771.